The molecule has 1 aliphatic carbocycles. The van der Waals surface area contributed by atoms with E-state index in [2.05, 4.69) is 0 Å². The highest BCUT2D eigenvalue weighted by atomic mass is 16.6. The van der Waals surface area contributed by atoms with E-state index in [-0.39, 0.29) is 11.3 Å². The predicted octanol–water partition coefficient (Wildman–Crippen LogP) is 1.96. The van der Waals surface area contributed by atoms with E-state index in [9.17, 15) is 10.1 Å². The van der Waals surface area contributed by atoms with Crippen LogP contribution in [0.15, 0.2) is 12.1 Å². The van der Waals surface area contributed by atoms with Gasteiger partial charge in [0.05, 0.1) is 4.92 Å². The largest absolute Gasteiger partial charge is 0.287 e. The van der Waals surface area contributed by atoms with E-state index in [0.717, 1.165) is 30.4 Å². The van der Waals surface area contributed by atoms with Gasteiger partial charge in [0.1, 0.15) is 11.6 Å². The molecule has 4 heteroatoms. The zero-order valence-electron chi connectivity index (χ0n) is 7.49. The molecule has 14 heavy (non-hydrogen) atoms. The van der Waals surface area contributed by atoms with Gasteiger partial charge < -0.3 is 0 Å². The Bertz CT molecular complexity index is 446. The van der Waals surface area contributed by atoms with Crippen molar-refractivity contribution in [1.82, 2.24) is 0 Å². The van der Waals surface area contributed by atoms with Crippen molar-refractivity contribution in [3.05, 3.63) is 38.9 Å². The van der Waals surface area contributed by atoms with E-state index in [1.165, 1.54) is 6.07 Å². The van der Waals surface area contributed by atoms with Crippen LogP contribution in [0.3, 0.4) is 0 Å². The zero-order chi connectivity index (χ0) is 10.1. The Balaban J connectivity index is 2.67. The minimum atomic E-state index is -0.489. The number of nitrogens with zero attached hydrogens (tertiary/aromatic N) is 2. The van der Waals surface area contributed by atoms with Gasteiger partial charge in [-0.05, 0) is 30.4 Å². The van der Waals surface area contributed by atoms with Gasteiger partial charge in [-0.1, -0.05) is 6.07 Å². The van der Waals surface area contributed by atoms with E-state index in [1.807, 2.05) is 6.07 Å². The third kappa shape index (κ3) is 1.14. The van der Waals surface area contributed by atoms with E-state index in [1.54, 1.807) is 6.07 Å². The normalized spacial score (nSPS) is 13.4. The summed E-state index contributed by atoms with van der Waals surface area (Å²) < 4.78 is 0. The van der Waals surface area contributed by atoms with Crippen molar-refractivity contribution < 1.29 is 4.92 Å². The molecule has 0 heterocycles. The van der Waals surface area contributed by atoms with Gasteiger partial charge in [-0.2, -0.15) is 5.26 Å². The molecule has 0 unspecified atom stereocenters. The number of nitriles is 1. The standard InChI is InChI=1S/C10H8N2O2/c11-6-9-8-3-1-2-7(8)4-5-10(9)12(13)14/h4-5H,1-3H2. The van der Waals surface area contributed by atoms with Crippen molar-refractivity contribution in [2.45, 2.75) is 19.3 Å². The summed E-state index contributed by atoms with van der Waals surface area (Å²) in [7, 11) is 0. The Morgan fingerprint density at radius 1 is 1.43 bits per heavy atom. The van der Waals surface area contributed by atoms with E-state index < -0.39 is 4.92 Å². The van der Waals surface area contributed by atoms with Gasteiger partial charge in [0.25, 0.3) is 5.69 Å². The zero-order valence-corrected chi connectivity index (χ0v) is 7.49. The van der Waals surface area contributed by atoms with Crippen molar-refractivity contribution in [1.29, 1.82) is 5.26 Å². The molecular formula is C10H8N2O2. The second-order valence-corrected chi connectivity index (χ2v) is 3.32. The van der Waals surface area contributed by atoms with Gasteiger partial charge >= 0.3 is 0 Å². The number of hydrogen-bond acceptors (Lipinski definition) is 3. The fourth-order valence-corrected chi connectivity index (χ4v) is 1.93. The minimum Gasteiger partial charge on any atom is -0.258 e. The van der Waals surface area contributed by atoms with Crippen LogP contribution in [0, 0.1) is 21.4 Å². The van der Waals surface area contributed by atoms with E-state index >= 15 is 0 Å². The van der Waals surface area contributed by atoms with Crippen LogP contribution < -0.4 is 0 Å². The van der Waals surface area contributed by atoms with Gasteiger partial charge in [0, 0.05) is 6.07 Å². The van der Waals surface area contributed by atoms with Crippen LogP contribution in [0.4, 0.5) is 5.69 Å². The second kappa shape index (κ2) is 3.11. The predicted molar refractivity (Wildman–Crippen MR) is 49.8 cm³/mol. The van der Waals surface area contributed by atoms with Crippen molar-refractivity contribution in [3.8, 4) is 6.07 Å². The number of hydrogen-bond donors (Lipinski definition) is 0. The van der Waals surface area contributed by atoms with Crippen LogP contribution in [0.1, 0.15) is 23.1 Å². The summed E-state index contributed by atoms with van der Waals surface area (Å²) in [6.45, 7) is 0. The van der Waals surface area contributed by atoms with E-state index in [4.69, 9.17) is 5.26 Å². The lowest BCUT2D eigenvalue weighted by Crippen LogP contribution is -1.97. The first kappa shape index (κ1) is 8.70. The summed E-state index contributed by atoms with van der Waals surface area (Å²) in [5.41, 5.74) is 2.16. The summed E-state index contributed by atoms with van der Waals surface area (Å²) in [5, 5.41) is 19.5. The minimum absolute atomic E-state index is 0.0619. The molecule has 0 bridgehead atoms. The maximum Gasteiger partial charge on any atom is 0.287 e. The molecule has 1 aliphatic rings. The third-order valence-corrected chi connectivity index (χ3v) is 2.57. The first-order chi connectivity index (χ1) is 6.74. The van der Waals surface area contributed by atoms with Gasteiger partial charge in [-0.3, -0.25) is 10.1 Å². The summed E-state index contributed by atoms with van der Waals surface area (Å²) in [6.07, 6.45) is 2.72. The molecule has 0 saturated carbocycles. The number of aryl methyl sites for hydroxylation is 1. The van der Waals surface area contributed by atoms with Crippen molar-refractivity contribution in [2.24, 2.45) is 0 Å². The molecule has 0 amide bonds. The third-order valence-electron chi connectivity index (χ3n) is 2.57. The van der Waals surface area contributed by atoms with Crippen LogP contribution in [-0.4, -0.2) is 4.92 Å². The monoisotopic (exact) mass is 188 g/mol. The molecule has 0 fully saturated rings. The van der Waals surface area contributed by atoms with Crippen LogP contribution in [0.25, 0.3) is 0 Å². The lowest BCUT2D eigenvalue weighted by Gasteiger charge is -2.01. The topological polar surface area (TPSA) is 66.9 Å². The lowest BCUT2D eigenvalue weighted by atomic mass is 10.0. The Morgan fingerprint density at radius 3 is 2.86 bits per heavy atom. The maximum absolute atomic E-state index is 10.6. The molecule has 70 valence electrons. The van der Waals surface area contributed by atoms with Gasteiger partial charge in [0.15, 0.2) is 0 Å². The molecule has 2 rings (SSSR count). The van der Waals surface area contributed by atoms with Crippen LogP contribution >= 0.6 is 0 Å². The summed E-state index contributed by atoms with van der Waals surface area (Å²) in [4.78, 5) is 10.1. The summed E-state index contributed by atoms with van der Waals surface area (Å²) in [6, 6.07) is 5.13. The Morgan fingerprint density at radius 2 is 2.21 bits per heavy atom. The highest BCUT2D eigenvalue weighted by Crippen LogP contribution is 2.30. The molecule has 0 radical (unpaired) electrons. The number of benzene rings is 1. The number of rotatable bonds is 1. The van der Waals surface area contributed by atoms with Crippen molar-refractivity contribution in [2.75, 3.05) is 0 Å². The molecule has 1 aromatic rings. The average Bonchev–Trinajstić information content (AvgIpc) is 2.63. The van der Waals surface area contributed by atoms with Crippen LogP contribution in [-0.2, 0) is 12.8 Å². The Hall–Kier alpha value is -1.89. The van der Waals surface area contributed by atoms with Crippen molar-refractivity contribution in [3.63, 3.8) is 0 Å². The Kier molecular flexibility index (Phi) is 1.93. The molecular weight excluding hydrogens is 180 g/mol. The van der Waals surface area contributed by atoms with Gasteiger partial charge in [0.2, 0.25) is 0 Å². The van der Waals surface area contributed by atoms with Crippen LogP contribution in [0.5, 0.6) is 0 Å². The molecule has 1 aromatic carbocycles. The summed E-state index contributed by atoms with van der Waals surface area (Å²) >= 11 is 0. The molecule has 0 N–H and O–H groups in total. The highest BCUT2D eigenvalue weighted by Gasteiger charge is 2.23. The second-order valence-electron chi connectivity index (χ2n) is 3.32. The molecule has 0 spiro atoms. The Labute approximate surface area is 80.9 Å². The molecule has 0 saturated heterocycles. The first-order valence-electron chi connectivity index (χ1n) is 4.43. The van der Waals surface area contributed by atoms with Gasteiger partial charge in [-0.25, -0.2) is 0 Å². The van der Waals surface area contributed by atoms with Gasteiger partial charge in [-0.15, -0.1) is 0 Å². The summed E-state index contributed by atoms with van der Waals surface area (Å²) in [5.74, 6) is 0. The molecule has 0 atom stereocenters. The number of nitro benzene ring substituents is 1. The maximum atomic E-state index is 10.6. The van der Waals surface area contributed by atoms with Crippen LogP contribution in [0.2, 0.25) is 0 Å². The van der Waals surface area contributed by atoms with E-state index in [0.29, 0.717) is 0 Å². The quantitative estimate of drug-likeness (QED) is 0.499. The molecule has 4 nitrogen and oxygen atoms in total. The SMILES string of the molecule is N#Cc1c([N+](=O)[O-])ccc2c1CCC2. The fourth-order valence-electron chi connectivity index (χ4n) is 1.93. The number of fused-ring (bicyclic) bond motifs is 1. The fraction of sp³-hybridized carbons (Fsp3) is 0.300. The highest BCUT2D eigenvalue weighted by molar-refractivity contribution is 5.57. The van der Waals surface area contributed by atoms with Crippen molar-refractivity contribution >= 4 is 5.69 Å². The molecule has 0 aromatic heterocycles. The smallest absolute Gasteiger partial charge is 0.258 e. The lowest BCUT2D eigenvalue weighted by molar-refractivity contribution is -0.385. The molecule has 0 aliphatic heterocycles. The first-order valence-corrected chi connectivity index (χ1v) is 4.43. The average molecular weight is 188 g/mol. The number of nitro groups is 1.